The van der Waals surface area contributed by atoms with Crippen LogP contribution in [0.2, 0.25) is 0 Å². The third-order valence-corrected chi connectivity index (χ3v) is 4.39. The van der Waals surface area contributed by atoms with E-state index in [0.717, 1.165) is 18.4 Å². The van der Waals surface area contributed by atoms with Crippen molar-refractivity contribution in [3.8, 4) is 11.5 Å². The van der Waals surface area contributed by atoms with Crippen LogP contribution in [0.5, 0.6) is 11.5 Å². The number of rotatable bonds is 3. The van der Waals surface area contributed by atoms with Gasteiger partial charge in [0.05, 0.1) is 0 Å². The molecular weight excluding hydrogens is 296 g/mol. The second-order valence-electron chi connectivity index (χ2n) is 8.78. The number of aromatic hydroxyl groups is 2. The van der Waals surface area contributed by atoms with Gasteiger partial charge in [-0.3, -0.25) is 0 Å². The van der Waals surface area contributed by atoms with E-state index < -0.39 is 0 Å². The Morgan fingerprint density at radius 3 is 1.33 bits per heavy atom. The van der Waals surface area contributed by atoms with Crippen molar-refractivity contribution in [2.45, 2.75) is 65.2 Å². The summed E-state index contributed by atoms with van der Waals surface area (Å²) in [6.45, 7) is 13.5. The summed E-state index contributed by atoms with van der Waals surface area (Å²) in [4.78, 5) is 0. The molecular formula is C22H30O2. The van der Waals surface area contributed by atoms with Crippen LogP contribution in [-0.2, 0) is 23.7 Å². The van der Waals surface area contributed by atoms with Gasteiger partial charge >= 0.3 is 0 Å². The molecule has 0 fully saturated rings. The van der Waals surface area contributed by atoms with Gasteiger partial charge in [0.2, 0.25) is 0 Å². The van der Waals surface area contributed by atoms with Crippen molar-refractivity contribution < 1.29 is 10.2 Å². The summed E-state index contributed by atoms with van der Waals surface area (Å²) >= 11 is 0. The number of phenols is 2. The van der Waals surface area contributed by atoms with Gasteiger partial charge < -0.3 is 10.2 Å². The van der Waals surface area contributed by atoms with Crippen molar-refractivity contribution >= 4 is 0 Å². The molecule has 0 heterocycles. The molecule has 0 spiro atoms. The van der Waals surface area contributed by atoms with Crippen LogP contribution in [0.1, 0.15) is 63.8 Å². The Morgan fingerprint density at radius 2 is 0.958 bits per heavy atom. The van der Waals surface area contributed by atoms with E-state index >= 15 is 0 Å². The van der Waals surface area contributed by atoms with Gasteiger partial charge in [-0.15, -0.1) is 0 Å². The van der Waals surface area contributed by atoms with Crippen LogP contribution >= 0.6 is 0 Å². The highest BCUT2D eigenvalue weighted by Crippen LogP contribution is 2.31. The minimum atomic E-state index is 0.110. The molecule has 2 aromatic rings. The summed E-state index contributed by atoms with van der Waals surface area (Å²) in [7, 11) is 0. The molecule has 0 saturated carbocycles. The van der Waals surface area contributed by atoms with Gasteiger partial charge in [0.25, 0.3) is 0 Å². The molecule has 0 radical (unpaired) electrons. The lowest BCUT2D eigenvalue weighted by molar-refractivity contribution is 0.449. The van der Waals surface area contributed by atoms with E-state index in [2.05, 4.69) is 59.7 Å². The van der Waals surface area contributed by atoms with Crippen molar-refractivity contribution in [1.82, 2.24) is 0 Å². The van der Waals surface area contributed by atoms with Crippen molar-refractivity contribution in [2.75, 3.05) is 0 Å². The molecule has 0 aliphatic heterocycles. The second kappa shape index (κ2) is 6.51. The van der Waals surface area contributed by atoms with E-state index in [1.54, 1.807) is 12.1 Å². The predicted molar refractivity (Wildman–Crippen MR) is 101 cm³/mol. The van der Waals surface area contributed by atoms with Crippen LogP contribution in [0.3, 0.4) is 0 Å². The maximum Gasteiger partial charge on any atom is 0.119 e. The standard InChI is InChI=1S/C22H30O2/c1-21(2,3)17-9-15(10-18(13-17)22(4,5)6)7-8-16-11-19(23)14-20(24)12-16/h9-14,23-24H,7-8H2,1-6H3. The van der Waals surface area contributed by atoms with E-state index in [1.807, 2.05) is 0 Å². The first-order valence-corrected chi connectivity index (χ1v) is 8.62. The zero-order valence-electron chi connectivity index (χ0n) is 15.8. The monoisotopic (exact) mass is 326 g/mol. The fourth-order valence-corrected chi connectivity index (χ4v) is 2.79. The quantitative estimate of drug-likeness (QED) is 0.784. The first-order chi connectivity index (χ1) is 10.9. The number of benzene rings is 2. The maximum absolute atomic E-state index is 9.63. The Labute approximate surface area is 146 Å². The lowest BCUT2D eigenvalue weighted by atomic mass is 9.79. The third-order valence-electron chi connectivity index (χ3n) is 4.39. The molecule has 24 heavy (non-hydrogen) atoms. The minimum absolute atomic E-state index is 0.110. The Kier molecular flexibility index (Phi) is 4.98. The first kappa shape index (κ1) is 18.4. The van der Waals surface area contributed by atoms with Crippen LogP contribution in [-0.4, -0.2) is 10.2 Å². The maximum atomic E-state index is 9.63. The topological polar surface area (TPSA) is 40.5 Å². The van der Waals surface area contributed by atoms with E-state index in [-0.39, 0.29) is 22.3 Å². The van der Waals surface area contributed by atoms with Crippen molar-refractivity contribution in [2.24, 2.45) is 0 Å². The number of hydrogen-bond donors (Lipinski definition) is 2. The molecule has 0 unspecified atom stereocenters. The van der Waals surface area contributed by atoms with Gasteiger partial charge in [-0.2, -0.15) is 0 Å². The van der Waals surface area contributed by atoms with Gasteiger partial charge in [-0.25, -0.2) is 0 Å². The molecule has 0 aliphatic rings. The highest BCUT2D eigenvalue weighted by molar-refractivity contribution is 5.39. The first-order valence-electron chi connectivity index (χ1n) is 8.62. The third kappa shape index (κ3) is 4.77. The Morgan fingerprint density at radius 1 is 0.583 bits per heavy atom. The zero-order chi connectivity index (χ0) is 18.1. The van der Waals surface area contributed by atoms with Crippen LogP contribution in [0.15, 0.2) is 36.4 Å². The summed E-state index contributed by atoms with van der Waals surface area (Å²) < 4.78 is 0. The number of hydrogen-bond acceptors (Lipinski definition) is 2. The average molecular weight is 326 g/mol. The van der Waals surface area contributed by atoms with Crippen molar-refractivity contribution in [1.29, 1.82) is 0 Å². The fraction of sp³-hybridized carbons (Fsp3) is 0.455. The highest BCUT2D eigenvalue weighted by Gasteiger charge is 2.20. The van der Waals surface area contributed by atoms with Gasteiger partial charge in [0, 0.05) is 6.07 Å². The minimum Gasteiger partial charge on any atom is -0.508 e. The number of phenolic OH excluding ortho intramolecular Hbond substituents is 2. The summed E-state index contributed by atoms with van der Waals surface area (Å²) in [6.07, 6.45) is 1.68. The molecule has 2 heteroatoms. The lowest BCUT2D eigenvalue weighted by Gasteiger charge is -2.26. The molecule has 0 amide bonds. The molecule has 0 aromatic heterocycles. The van der Waals surface area contributed by atoms with Gasteiger partial charge in [0.1, 0.15) is 11.5 Å². The molecule has 2 rings (SSSR count). The molecule has 0 atom stereocenters. The van der Waals surface area contributed by atoms with Crippen LogP contribution in [0, 0.1) is 0 Å². The second-order valence-corrected chi connectivity index (χ2v) is 8.78. The average Bonchev–Trinajstić information content (AvgIpc) is 2.42. The van der Waals surface area contributed by atoms with E-state index in [9.17, 15) is 10.2 Å². The van der Waals surface area contributed by atoms with E-state index in [0.29, 0.717) is 0 Å². The summed E-state index contributed by atoms with van der Waals surface area (Å²) in [5.74, 6) is 0.229. The fourth-order valence-electron chi connectivity index (χ4n) is 2.79. The number of aryl methyl sites for hydroxylation is 2. The molecule has 0 saturated heterocycles. The smallest absolute Gasteiger partial charge is 0.119 e. The molecule has 2 nitrogen and oxygen atoms in total. The molecule has 130 valence electrons. The van der Waals surface area contributed by atoms with E-state index in [4.69, 9.17) is 0 Å². The molecule has 0 bridgehead atoms. The van der Waals surface area contributed by atoms with Gasteiger partial charge in [-0.1, -0.05) is 59.7 Å². The zero-order valence-corrected chi connectivity index (χ0v) is 15.8. The summed E-state index contributed by atoms with van der Waals surface area (Å²) in [5, 5.41) is 19.3. The van der Waals surface area contributed by atoms with Gasteiger partial charge in [0.15, 0.2) is 0 Å². The predicted octanol–water partition coefficient (Wildman–Crippen LogP) is 5.48. The normalized spacial score (nSPS) is 12.4. The van der Waals surface area contributed by atoms with Crippen LogP contribution in [0.25, 0.3) is 0 Å². The molecule has 2 aromatic carbocycles. The summed E-state index contributed by atoms with van der Waals surface area (Å²) in [6, 6.07) is 11.7. The lowest BCUT2D eigenvalue weighted by Crippen LogP contribution is -2.17. The molecule has 0 aliphatic carbocycles. The Hall–Kier alpha value is -1.96. The van der Waals surface area contributed by atoms with Crippen LogP contribution in [0.4, 0.5) is 0 Å². The Bertz CT molecular complexity index is 663. The largest absolute Gasteiger partial charge is 0.508 e. The van der Waals surface area contributed by atoms with Crippen molar-refractivity contribution in [3.05, 3.63) is 58.7 Å². The molecule has 2 N–H and O–H groups in total. The van der Waals surface area contributed by atoms with Gasteiger partial charge in [-0.05, 0) is 58.1 Å². The Balaban J connectivity index is 2.32. The van der Waals surface area contributed by atoms with E-state index in [1.165, 1.54) is 22.8 Å². The highest BCUT2D eigenvalue weighted by atomic mass is 16.3. The van der Waals surface area contributed by atoms with Crippen molar-refractivity contribution in [3.63, 3.8) is 0 Å². The SMILES string of the molecule is CC(C)(C)c1cc(CCc2cc(O)cc(O)c2)cc(C(C)(C)C)c1. The summed E-state index contributed by atoms with van der Waals surface area (Å²) in [5.41, 5.74) is 5.17. The van der Waals surface area contributed by atoms with Crippen LogP contribution < -0.4 is 0 Å².